The SMILES string of the molecule is CC/C=C\C/C=C\C/C=C\C/C=C\C/C=C\C/C=C\C/C=C\CCCCCCCCCCCCCCCC(=O)OCC(COC(=O)CCCCCCCCC)OC(=O)CCCCCCC/C=C\CCCC. The first-order valence-electron chi connectivity index (χ1n) is 29.7. The van der Waals surface area contributed by atoms with E-state index in [9.17, 15) is 14.4 Å². The van der Waals surface area contributed by atoms with Gasteiger partial charge in [0.2, 0.25) is 0 Å². The molecule has 0 amide bonds. The van der Waals surface area contributed by atoms with Crippen molar-refractivity contribution >= 4 is 17.9 Å². The summed E-state index contributed by atoms with van der Waals surface area (Å²) in [6, 6.07) is 0. The first kappa shape index (κ1) is 67.3. The van der Waals surface area contributed by atoms with E-state index in [-0.39, 0.29) is 31.1 Å². The van der Waals surface area contributed by atoms with Crippen LogP contribution >= 0.6 is 0 Å². The maximum absolute atomic E-state index is 12.7. The molecule has 1 unspecified atom stereocenters. The van der Waals surface area contributed by atoms with E-state index in [4.69, 9.17) is 14.2 Å². The van der Waals surface area contributed by atoms with Crippen LogP contribution < -0.4 is 0 Å². The quantitative estimate of drug-likeness (QED) is 0.0261. The fourth-order valence-electron chi connectivity index (χ4n) is 8.11. The lowest BCUT2D eigenvalue weighted by atomic mass is 10.0. The zero-order chi connectivity index (χ0) is 51.4. The molecule has 0 fully saturated rings. The maximum Gasteiger partial charge on any atom is 0.306 e. The van der Waals surface area contributed by atoms with Crippen LogP contribution in [0.1, 0.15) is 278 Å². The predicted octanol–water partition coefficient (Wildman–Crippen LogP) is 20.1. The Morgan fingerprint density at radius 1 is 0.296 bits per heavy atom. The molecule has 0 aromatic carbocycles. The molecular formula is C65H110O6. The van der Waals surface area contributed by atoms with E-state index < -0.39 is 6.10 Å². The molecule has 1 atom stereocenters. The summed E-state index contributed by atoms with van der Waals surface area (Å²) in [4.78, 5) is 37.8. The molecule has 0 saturated heterocycles. The van der Waals surface area contributed by atoms with E-state index in [1.54, 1.807) is 0 Å². The molecule has 0 aliphatic heterocycles. The van der Waals surface area contributed by atoms with Crippen molar-refractivity contribution in [1.82, 2.24) is 0 Å². The van der Waals surface area contributed by atoms with Crippen LogP contribution in [0.5, 0.6) is 0 Å². The normalized spacial score (nSPS) is 12.8. The molecule has 0 bridgehead atoms. The summed E-state index contributed by atoms with van der Waals surface area (Å²) in [6.07, 6.45) is 78.7. The Bertz CT molecular complexity index is 1410. The summed E-state index contributed by atoms with van der Waals surface area (Å²) in [6.45, 7) is 6.44. The third-order valence-electron chi connectivity index (χ3n) is 12.6. The molecular weight excluding hydrogens is 877 g/mol. The number of ether oxygens (including phenoxy) is 3. The zero-order valence-corrected chi connectivity index (χ0v) is 46.5. The fourth-order valence-corrected chi connectivity index (χ4v) is 8.11. The third-order valence-corrected chi connectivity index (χ3v) is 12.6. The lowest BCUT2D eigenvalue weighted by Crippen LogP contribution is -2.30. The smallest absolute Gasteiger partial charge is 0.306 e. The molecule has 406 valence electrons. The second-order valence-corrected chi connectivity index (χ2v) is 19.5. The van der Waals surface area contributed by atoms with Gasteiger partial charge in [-0.2, -0.15) is 0 Å². The molecule has 0 aromatic heterocycles. The predicted molar refractivity (Wildman–Crippen MR) is 307 cm³/mol. The summed E-state index contributed by atoms with van der Waals surface area (Å²) >= 11 is 0. The largest absolute Gasteiger partial charge is 0.462 e. The van der Waals surface area contributed by atoms with Crippen LogP contribution in [0.3, 0.4) is 0 Å². The Labute approximate surface area is 438 Å². The van der Waals surface area contributed by atoms with Gasteiger partial charge < -0.3 is 14.2 Å². The second-order valence-electron chi connectivity index (χ2n) is 19.5. The third kappa shape index (κ3) is 57.1. The van der Waals surface area contributed by atoms with Gasteiger partial charge in [-0.1, -0.05) is 259 Å². The van der Waals surface area contributed by atoms with E-state index in [1.807, 2.05) is 0 Å². The molecule has 0 radical (unpaired) electrons. The van der Waals surface area contributed by atoms with E-state index in [1.165, 1.54) is 122 Å². The number of hydrogen-bond donors (Lipinski definition) is 0. The van der Waals surface area contributed by atoms with Gasteiger partial charge in [-0.25, -0.2) is 0 Å². The standard InChI is InChI=1S/C65H110O6/c1-4-7-10-13-16-18-20-21-22-23-24-25-26-27-28-29-30-31-32-33-34-35-36-37-38-39-40-41-42-43-45-46-49-52-55-58-64(67)70-61-62(60-69-63(66)57-54-51-48-15-12-9-6-3)71-65(68)59-56-53-50-47-44-19-17-14-11-8-5-2/h7,10,14,16-18,21-22,24-25,27-28,30-31,33-34,62H,4-6,8-9,11-13,15,19-20,23,26,29,32,35-61H2,1-3H3/b10-7-,17-14-,18-16-,22-21-,25-24-,28-27-,31-30-,34-33-. The Morgan fingerprint density at radius 2 is 0.563 bits per heavy atom. The maximum atomic E-state index is 12.7. The van der Waals surface area contributed by atoms with Gasteiger partial charge in [0.05, 0.1) is 0 Å². The number of carbonyl (C=O) groups excluding carboxylic acids is 3. The molecule has 6 heteroatoms. The van der Waals surface area contributed by atoms with Crippen molar-refractivity contribution in [3.8, 4) is 0 Å². The molecule has 0 rings (SSSR count). The van der Waals surface area contributed by atoms with Gasteiger partial charge in [-0.3, -0.25) is 14.4 Å². The van der Waals surface area contributed by atoms with E-state index in [0.29, 0.717) is 19.3 Å². The van der Waals surface area contributed by atoms with Crippen LogP contribution in [0, 0.1) is 0 Å². The van der Waals surface area contributed by atoms with Crippen LogP contribution in [0.2, 0.25) is 0 Å². The highest BCUT2D eigenvalue weighted by molar-refractivity contribution is 5.71. The lowest BCUT2D eigenvalue weighted by Gasteiger charge is -2.18. The van der Waals surface area contributed by atoms with E-state index in [0.717, 1.165) is 116 Å². The summed E-state index contributed by atoms with van der Waals surface area (Å²) in [5.74, 6) is -0.893. The minimum absolute atomic E-state index is 0.0781. The summed E-state index contributed by atoms with van der Waals surface area (Å²) < 4.78 is 16.7. The molecule has 0 aromatic rings. The van der Waals surface area contributed by atoms with Crippen molar-refractivity contribution < 1.29 is 28.6 Å². The van der Waals surface area contributed by atoms with Crippen LogP contribution in [0.25, 0.3) is 0 Å². The van der Waals surface area contributed by atoms with Crippen molar-refractivity contribution in [3.05, 3.63) is 97.2 Å². The Kier molecular flexibility index (Phi) is 55.9. The topological polar surface area (TPSA) is 78.9 Å². The van der Waals surface area contributed by atoms with Crippen molar-refractivity contribution in [2.75, 3.05) is 13.2 Å². The molecule has 6 nitrogen and oxygen atoms in total. The van der Waals surface area contributed by atoms with Gasteiger partial charge in [0.25, 0.3) is 0 Å². The summed E-state index contributed by atoms with van der Waals surface area (Å²) in [5.41, 5.74) is 0. The highest BCUT2D eigenvalue weighted by Crippen LogP contribution is 2.15. The Hall–Kier alpha value is -3.67. The molecule has 0 aliphatic rings. The zero-order valence-electron chi connectivity index (χ0n) is 46.5. The minimum Gasteiger partial charge on any atom is -0.462 e. The average molecular weight is 988 g/mol. The lowest BCUT2D eigenvalue weighted by molar-refractivity contribution is -0.167. The summed E-state index contributed by atoms with van der Waals surface area (Å²) in [5, 5.41) is 0. The van der Waals surface area contributed by atoms with E-state index >= 15 is 0 Å². The van der Waals surface area contributed by atoms with Crippen LogP contribution in [0.15, 0.2) is 97.2 Å². The summed E-state index contributed by atoms with van der Waals surface area (Å²) in [7, 11) is 0. The number of esters is 3. The van der Waals surface area contributed by atoms with Crippen molar-refractivity contribution in [2.24, 2.45) is 0 Å². The molecule has 0 spiro atoms. The van der Waals surface area contributed by atoms with Gasteiger partial charge in [-0.05, 0) is 96.3 Å². The van der Waals surface area contributed by atoms with Crippen molar-refractivity contribution in [2.45, 2.75) is 284 Å². The highest BCUT2D eigenvalue weighted by atomic mass is 16.6. The minimum atomic E-state index is -0.776. The van der Waals surface area contributed by atoms with Gasteiger partial charge in [0.1, 0.15) is 13.2 Å². The van der Waals surface area contributed by atoms with Gasteiger partial charge >= 0.3 is 17.9 Å². The molecule has 0 N–H and O–H groups in total. The Balaban J connectivity index is 3.99. The molecule has 0 aliphatic carbocycles. The van der Waals surface area contributed by atoms with Gasteiger partial charge in [0.15, 0.2) is 6.10 Å². The van der Waals surface area contributed by atoms with Crippen LogP contribution in [-0.4, -0.2) is 37.2 Å². The Morgan fingerprint density at radius 3 is 0.915 bits per heavy atom. The number of allylic oxidation sites excluding steroid dienone is 16. The molecule has 0 saturated carbocycles. The van der Waals surface area contributed by atoms with Crippen molar-refractivity contribution in [1.29, 1.82) is 0 Å². The number of unbranched alkanes of at least 4 members (excludes halogenated alkanes) is 26. The number of rotatable bonds is 53. The fraction of sp³-hybridized carbons (Fsp3) is 0.708. The highest BCUT2D eigenvalue weighted by Gasteiger charge is 2.19. The number of carbonyl (C=O) groups is 3. The number of hydrogen-bond acceptors (Lipinski definition) is 6. The average Bonchev–Trinajstić information content (AvgIpc) is 3.37. The monoisotopic (exact) mass is 987 g/mol. The van der Waals surface area contributed by atoms with Crippen molar-refractivity contribution in [3.63, 3.8) is 0 Å². The first-order chi connectivity index (χ1) is 35.0. The first-order valence-corrected chi connectivity index (χ1v) is 29.7. The van der Waals surface area contributed by atoms with Crippen LogP contribution in [0.4, 0.5) is 0 Å². The van der Waals surface area contributed by atoms with Crippen LogP contribution in [-0.2, 0) is 28.6 Å². The van der Waals surface area contributed by atoms with Gasteiger partial charge in [0, 0.05) is 19.3 Å². The van der Waals surface area contributed by atoms with E-state index in [2.05, 4.69) is 118 Å². The molecule has 71 heavy (non-hydrogen) atoms. The van der Waals surface area contributed by atoms with Gasteiger partial charge in [-0.15, -0.1) is 0 Å². The second kappa shape index (κ2) is 58.9. The molecule has 0 heterocycles.